The fourth-order valence-corrected chi connectivity index (χ4v) is 4.92. The first kappa shape index (κ1) is 26.7. The lowest BCUT2D eigenvalue weighted by molar-refractivity contribution is 0.215. The monoisotopic (exact) mass is 529 g/mol. The van der Waals surface area contributed by atoms with E-state index in [2.05, 4.69) is 69.3 Å². The summed E-state index contributed by atoms with van der Waals surface area (Å²) in [6.45, 7) is 11.3. The Morgan fingerprint density at radius 1 is 0.872 bits per heavy atom. The topological polar surface area (TPSA) is 88.0 Å². The molecular weight excluding hydrogens is 490 g/mol. The Morgan fingerprint density at radius 2 is 1.54 bits per heavy atom. The minimum Gasteiger partial charge on any atom is -0.490 e. The van der Waals surface area contributed by atoms with Crippen LogP contribution in [0.2, 0.25) is 0 Å². The molecule has 2 aliphatic rings. The molecule has 1 aromatic heterocycles. The molecule has 5 rings (SSSR count). The van der Waals surface area contributed by atoms with Crippen LogP contribution >= 0.6 is 0 Å². The zero-order chi connectivity index (χ0) is 27.0. The Bertz CT molecular complexity index is 1230. The molecule has 0 radical (unpaired) electrons. The third-order valence-corrected chi connectivity index (χ3v) is 7.03. The van der Waals surface area contributed by atoms with Crippen molar-refractivity contribution in [2.75, 3.05) is 54.6 Å². The van der Waals surface area contributed by atoms with Crippen molar-refractivity contribution >= 4 is 24.1 Å². The molecule has 0 saturated carbocycles. The van der Waals surface area contributed by atoms with Gasteiger partial charge in [0.15, 0.2) is 0 Å². The largest absolute Gasteiger partial charge is 0.490 e. The maximum Gasteiger partial charge on any atom is 0.250 e. The van der Waals surface area contributed by atoms with Gasteiger partial charge in [-0.2, -0.15) is 20.1 Å². The van der Waals surface area contributed by atoms with Crippen molar-refractivity contribution in [2.45, 2.75) is 52.4 Å². The molecule has 9 heteroatoms. The average Bonchev–Trinajstić information content (AvgIpc) is 3.67. The number of aryl methyl sites for hydroxylation is 1. The molecule has 0 bridgehead atoms. The number of benzene rings is 2. The molecule has 206 valence electrons. The van der Waals surface area contributed by atoms with Crippen molar-refractivity contribution in [3.63, 3.8) is 0 Å². The number of nitrogens with zero attached hydrogens (tertiary/aromatic N) is 6. The zero-order valence-corrected chi connectivity index (χ0v) is 23.3. The van der Waals surface area contributed by atoms with E-state index < -0.39 is 0 Å². The molecule has 0 unspecified atom stereocenters. The number of hydrogen-bond acceptors (Lipinski definition) is 9. The van der Waals surface area contributed by atoms with E-state index in [9.17, 15) is 0 Å². The van der Waals surface area contributed by atoms with Crippen LogP contribution in [-0.4, -0.2) is 60.6 Å². The maximum absolute atomic E-state index is 6.05. The SMILES string of the molecule is Cc1ccc(C(C)C)c(OCCOc2cccc(C=NNc3nc(N4CCCC4)nc(N4CCCC4)n3)c2)c1. The highest BCUT2D eigenvalue weighted by Crippen LogP contribution is 2.27. The first-order valence-corrected chi connectivity index (χ1v) is 14.1. The van der Waals surface area contributed by atoms with E-state index in [1.165, 1.54) is 36.8 Å². The summed E-state index contributed by atoms with van der Waals surface area (Å²) in [6.07, 6.45) is 6.42. The molecule has 9 nitrogen and oxygen atoms in total. The van der Waals surface area contributed by atoms with Gasteiger partial charge < -0.3 is 19.3 Å². The Hall–Kier alpha value is -3.88. The number of ether oxygens (including phenoxy) is 2. The van der Waals surface area contributed by atoms with Crippen LogP contribution in [0.4, 0.5) is 17.8 Å². The molecule has 3 heterocycles. The molecular formula is C30H39N7O2. The summed E-state index contributed by atoms with van der Waals surface area (Å²) in [5.74, 6) is 4.02. The quantitative estimate of drug-likeness (QED) is 0.200. The summed E-state index contributed by atoms with van der Waals surface area (Å²) >= 11 is 0. The third-order valence-electron chi connectivity index (χ3n) is 7.03. The normalized spacial score (nSPS) is 15.5. The first-order chi connectivity index (χ1) is 19.0. The lowest BCUT2D eigenvalue weighted by Gasteiger charge is -2.20. The average molecular weight is 530 g/mol. The number of hydrazone groups is 1. The summed E-state index contributed by atoms with van der Waals surface area (Å²) in [6, 6.07) is 14.2. The van der Waals surface area contributed by atoms with Crippen LogP contribution < -0.4 is 24.7 Å². The zero-order valence-electron chi connectivity index (χ0n) is 23.3. The van der Waals surface area contributed by atoms with E-state index in [0.717, 1.165) is 55.1 Å². The molecule has 1 N–H and O–H groups in total. The number of rotatable bonds is 11. The lowest BCUT2D eigenvalue weighted by atomic mass is 10.0. The molecule has 2 aliphatic heterocycles. The second-order valence-corrected chi connectivity index (χ2v) is 10.5. The highest BCUT2D eigenvalue weighted by molar-refractivity contribution is 5.80. The van der Waals surface area contributed by atoms with Gasteiger partial charge in [-0.1, -0.05) is 38.1 Å². The van der Waals surface area contributed by atoms with Gasteiger partial charge >= 0.3 is 0 Å². The molecule has 39 heavy (non-hydrogen) atoms. The minimum absolute atomic E-state index is 0.405. The van der Waals surface area contributed by atoms with Gasteiger partial charge in [-0.3, -0.25) is 0 Å². The van der Waals surface area contributed by atoms with Crippen molar-refractivity contribution < 1.29 is 9.47 Å². The highest BCUT2D eigenvalue weighted by Gasteiger charge is 2.21. The van der Waals surface area contributed by atoms with Gasteiger partial charge in [0.1, 0.15) is 24.7 Å². The van der Waals surface area contributed by atoms with Crippen LogP contribution in [0.25, 0.3) is 0 Å². The van der Waals surface area contributed by atoms with Crippen LogP contribution in [0, 0.1) is 6.92 Å². The number of hydrogen-bond donors (Lipinski definition) is 1. The molecule has 0 aliphatic carbocycles. The third kappa shape index (κ3) is 7.16. The molecule has 3 aromatic rings. The molecule has 2 saturated heterocycles. The minimum atomic E-state index is 0.405. The fraction of sp³-hybridized carbons (Fsp3) is 0.467. The number of nitrogens with one attached hydrogen (secondary N) is 1. The summed E-state index contributed by atoms with van der Waals surface area (Å²) in [7, 11) is 0. The van der Waals surface area contributed by atoms with Crippen molar-refractivity contribution in [1.82, 2.24) is 15.0 Å². The van der Waals surface area contributed by atoms with Crippen molar-refractivity contribution in [3.05, 3.63) is 59.2 Å². The molecule has 2 aromatic carbocycles. The van der Waals surface area contributed by atoms with E-state index in [-0.39, 0.29) is 0 Å². The van der Waals surface area contributed by atoms with Gasteiger partial charge in [0, 0.05) is 26.2 Å². The molecule has 0 amide bonds. The van der Waals surface area contributed by atoms with Gasteiger partial charge in [0.2, 0.25) is 17.8 Å². The standard InChI is InChI=1S/C30H39N7O2/c1-22(2)26-12-11-23(3)19-27(26)39-18-17-38-25-10-8-9-24(20-25)21-31-35-28-32-29(36-13-4-5-14-36)34-30(33-28)37-15-6-7-16-37/h8-12,19-22H,4-7,13-18H2,1-3H3,(H,32,33,34,35). The van der Waals surface area contributed by atoms with Gasteiger partial charge in [0.05, 0.1) is 6.21 Å². The summed E-state index contributed by atoms with van der Waals surface area (Å²) < 4.78 is 12.0. The van der Waals surface area contributed by atoms with Crippen LogP contribution in [-0.2, 0) is 0 Å². The lowest BCUT2D eigenvalue weighted by Crippen LogP contribution is -2.25. The van der Waals surface area contributed by atoms with Crippen molar-refractivity contribution in [3.8, 4) is 11.5 Å². The fourth-order valence-electron chi connectivity index (χ4n) is 4.92. The summed E-state index contributed by atoms with van der Waals surface area (Å²) in [5.41, 5.74) is 6.34. The second-order valence-electron chi connectivity index (χ2n) is 10.5. The van der Waals surface area contributed by atoms with E-state index in [1.807, 2.05) is 24.3 Å². The predicted molar refractivity (Wildman–Crippen MR) is 157 cm³/mol. The van der Waals surface area contributed by atoms with E-state index in [0.29, 0.717) is 25.1 Å². The van der Waals surface area contributed by atoms with Crippen LogP contribution in [0.15, 0.2) is 47.6 Å². The van der Waals surface area contributed by atoms with Gasteiger partial charge in [-0.25, -0.2) is 5.43 Å². The van der Waals surface area contributed by atoms with Crippen molar-refractivity contribution in [2.24, 2.45) is 5.10 Å². The number of anilines is 3. The molecule has 2 fully saturated rings. The summed E-state index contributed by atoms with van der Waals surface area (Å²) in [4.78, 5) is 18.5. The molecule has 0 spiro atoms. The number of aromatic nitrogens is 3. The van der Waals surface area contributed by atoms with E-state index >= 15 is 0 Å². The van der Waals surface area contributed by atoms with Crippen LogP contribution in [0.3, 0.4) is 0 Å². The first-order valence-electron chi connectivity index (χ1n) is 14.1. The maximum atomic E-state index is 6.05. The Kier molecular flexibility index (Phi) is 8.75. The highest BCUT2D eigenvalue weighted by atomic mass is 16.5. The molecule has 0 atom stereocenters. The van der Waals surface area contributed by atoms with E-state index in [4.69, 9.17) is 14.5 Å². The Labute approximate surface area is 231 Å². The van der Waals surface area contributed by atoms with Gasteiger partial charge in [-0.15, -0.1) is 0 Å². The van der Waals surface area contributed by atoms with Crippen molar-refractivity contribution in [1.29, 1.82) is 0 Å². The van der Waals surface area contributed by atoms with Crippen LogP contribution in [0.1, 0.15) is 62.1 Å². The smallest absolute Gasteiger partial charge is 0.250 e. The summed E-state index contributed by atoms with van der Waals surface area (Å²) in [5, 5.41) is 4.41. The Balaban J connectivity index is 1.18. The van der Waals surface area contributed by atoms with E-state index in [1.54, 1.807) is 6.21 Å². The van der Waals surface area contributed by atoms with Crippen LogP contribution in [0.5, 0.6) is 11.5 Å². The van der Waals surface area contributed by atoms with Gasteiger partial charge in [-0.05, 0) is 73.4 Å². The Morgan fingerprint density at radius 3 is 2.21 bits per heavy atom. The second kappa shape index (κ2) is 12.8. The van der Waals surface area contributed by atoms with Gasteiger partial charge in [0.25, 0.3) is 0 Å². The predicted octanol–water partition coefficient (Wildman–Crippen LogP) is 5.41.